The van der Waals surface area contributed by atoms with E-state index in [1.807, 2.05) is 44.2 Å². The molecule has 1 aromatic carbocycles. The van der Waals surface area contributed by atoms with Crippen LogP contribution in [0.2, 0.25) is 0 Å². The average Bonchev–Trinajstić information content (AvgIpc) is 2.43. The Morgan fingerprint density at radius 2 is 1.80 bits per heavy atom. The van der Waals surface area contributed by atoms with E-state index in [-0.39, 0.29) is 5.91 Å². The van der Waals surface area contributed by atoms with Gasteiger partial charge in [-0.2, -0.15) is 0 Å². The fraction of sp³-hybridized carbons (Fsp3) is 0.500. The minimum atomic E-state index is -0.559. The van der Waals surface area contributed by atoms with Crippen LogP contribution in [-0.2, 0) is 16.0 Å². The minimum Gasteiger partial charge on any atom is -0.368 e. The molecule has 1 atom stereocenters. The summed E-state index contributed by atoms with van der Waals surface area (Å²) in [5.74, 6) is -0.430. The maximum atomic E-state index is 12.2. The number of rotatable bonds is 8. The molecule has 0 aliphatic heterocycles. The van der Waals surface area contributed by atoms with Crippen molar-refractivity contribution in [1.29, 1.82) is 0 Å². The number of primary amides is 1. The van der Waals surface area contributed by atoms with Gasteiger partial charge in [0, 0.05) is 19.4 Å². The predicted molar refractivity (Wildman–Crippen MR) is 80.0 cm³/mol. The summed E-state index contributed by atoms with van der Waals surface area (Å²) in [6.07, 6.45) is 2.52. The van der Waals surface area contributed by atoms with Gasteiger partial charge in [0.05, 0.1) is 0 Å². The van der Waals surface area contributed by atoms with Crippen LogP contribution in [-0.4, -0.2) is 29.3 Å². The van der Waals surface area contributed by atoms with Crippen LogP contribution in [0, 0.1) is 0 Å². The smallest absolute Gasteiger partial charge is 0.240 e. The largest absolute Gasteiger partial charge is 0.368 e. The Kier molecular flexibility index (Phi) is 6.77. The fourth-order valence-electron chi connectivity index (χ4n) is 2.25. The molecule has 2 N–H and O–H groups in total. The van der Waals surface area contributed by atoms with Gasteiger partial charge in [-0.3, -0.25) is 9.59 Å². The van der Waals surface area contributed by atoms with Crippen molar-refractivity contribution in [3.63, 3.8) is 0 Å². The number of benzene rings is 1. The number of carbonyl (C=O) groups is 2. The summed E-state index contributed by atoms with van der Waals surface area (Å²) < 4.78 is 0. The molecule has 1 aromatic rings. The second kappa shape index (κ2) is 8.35. The number of nitrogens with two attached hydrogens (primary N) is 1. The zero-order chi connectivity index (χ0) is 15.0. The van der Waals surface area contributed by atoms with Crippen LogP contribution < -0.4 is 5.73 Å². The SMILES string of the molecule is CCCC(=O)N(CCC)C(Cc1ccccc1)C(N)=O. The normalized spacial score (nSPS) is 11.9. The van der Waals surface area contributed by atoms with Gasteiger partial charge in [-0.05, 0) is 18.4 Å². The predicted octanol–water partition coefficient (Wildman–Crippen LogP) is 2.12. The molecule has 0 aliphatic carbocycles. The Morgan fingerprint density at radius 3 is 2.30 bits per heavy atom. The fourth-order valence-corrected chi connectivity index (χ4v) is 2.25. The molecule has 20 heavy (non-hydrogen) atoms. The number of nitrogens with zero attached hydrogens (tertiary/aromatic N) is 1. The minimum absolute atomic E-state index is 0.00841. The first-order chi connectivity index (χ1) is 9.60. The highest BCUT2D eigenvalue weighted by Crippen LogP contribution is 2.12. The Balaban J connectivity index is 2.90. The van der Waals surface area contributed by atoms with Gasteiger partial charge in [0.15, 0.2) is 0 Å². The average molecular weight is 276 g/mol. The summed E-state index contributed by atoms with van der Waals surface area (Å²) in [5, 5.41) is 0. The molecule has 0 saturated heterocycles. The molecule has 0 radical (unpaired) electrons. The molecule has 0 heterocycles. The Morgan fingerprint density at radius 1 is 1.15 bits per heavy atom. The Labute approximate surface area is 121 Å². The number of amides is 2. The summed E-state index contributed by atoms with van der Waals surface area (Å²) in [7, 11) is 0. The molecule has 110 valence electrons. The van der Waals surface area contributed by atoms with Crippen LogP contribution in [0.5, 0.6) is 0 Å². The van der Waals surface area contributed by atoms with E-state index < -0.39 is 11.9 Å². The summed E-state index contributed by atoms with van der Waals surface area (Å²) in [5.41, 5.74) is 6.53. The zero-order valence-corrected chi connectivity index (χ0v) is 12.3. The quantitative estimate of drug-likeness (QED) is 0.790. The van der Waals surface area contributed by atoms with Crippen molar-refractivity contribution in [2.45, 2.75) is 45.6 Å². The highest BCUT2D eigenvalue weighted by molar-refractivity contribution is 5.86. The Hall–Kier alpha value is -1.84. The first kappa shape index (κ1) is 16.2. The third kappa shape index (κ3) is 4.68. The van der Waals surface area contributed by atoms with E-state index in [0.717, 1.165) is 18.4 Å². The topological polar surface area (TPSA) is 63.4 Å². The number of carbonyl (C=O) groups excluding carboxylic acids is 2. The van der Waals surface area contributed by atoms with E-state index in [9.17, 15) is 9.59 Å². The van der Waals surface area contributed by atoms with E-state index in [0.29, 0.717) is 19.4 Å². The van der Waals surface area contributed by atoms with Gasteiger partial charge >= 0.3 is 0 Å². The van der Waals surface area contributed by atoms with Gasteiger partial charge in [-0.15, -0.1) is 0 Å². The molecule has 0 aliphatic rings. The zero-order valence-electron chi connectivity index (χ0n) is 12.3. The van der Waals surface area contributed by atoms with Gasteiger partial charge in [-0.1, -0.05) is 44.2 Å². The molecule has 2 amide bonds. The lowest BCUT2D eigenvalue weighted by molar-refractivity contribution is -0.139. The molecule has 0 fully saturated rings. The standard InChI is InChI=1S/C16H24N2O2/c1-3-8-15(19)18(11-4-2)14(16(17)20)12-13-9-6-5-7-10-13/h5-7,9-10,14H,3-4,8,11-12H2,1-2H3,(H2,17,20). The molecular formula is C16H24N2O2. The van der Waals surface area contributed by atoms with Crippen LogP contribution >= 0.6 is 0 Å². The van der Waals surface area contributed by atoms with Crippen molar-refractivity contribution in [1.82, 2.24) is 4.90 Å². The van der Waals surface area contributed by atoms with E-state index in [4.69, 9.17) is 5.73 Å². The van der Waals surface area contributed by atoms with Crippen molar-refractivity contribution in [3.8, 4) is 0 Å². The van der Waals surface area contributed by atoms with Gasteiger partial charge < -0.3 is 10.6 Å². The second-order valence-electron chi connectivity index (χ2n) is 4.95. The summed E-state index contributed by atoms with van der Waals surface area (Å²) in [6, 6.07) is 9.11. The Bertz CT molecular complexity index is 431. The summed E-state index contributed by atoms with van der Waals surface area (Å²) in [6.45, 7) is 4.52. The van der Waals surface area contributed by atoms with Crippen LogP contribution in [0.1, 0.15) is 38.7 Å². The van der Waals surface area contributed by atoms with Gasteiger partial charge in [0.2, 0.25) is 11.8 Å². The monoisotopic (exact) mass is 276 g/mol. The highest BCUT2D eigenvalue weighted by Gasteiger charge is 2.27. The maximum absolute atomic E-state index is 12.2. The molecular weight excluding hydrogens is 252 g/mol. The van der Waals surface area contributed by atoms with Crippen LogP contribution in [0.15, 0.2) is 30.3 Å². The lowest BCUT2D eigenvalue weighted by Crippen LogP contribution is -2.49. The summed E-state index contributed by atoms with van der Waals surface area (Å²) in [4.78, 5) is 25.6. The molecule has 4 nitrogen and oxygen atoms in total. The lowest BCUT2D eigenvalue weighted by atomic mass is 10.0. The second-order valence-corrected chi connectivity index (χ2v) is 4.95. The molecule has 0 bridgehead atoms. The van der Waals surface area contributed by atoms with Crippen molar-refractivity contribution in [3.05, 3.63) is 35.9 Å². The molecule has 1 rings (SSSR count). The van der Waals surface area contributed by atoms with Crippen molar-refractivity contribution >= 4 is 11.8 Å². The molecule has 4 heteroatoms. The summed E-state index contributed by atoms with van der Waals surface area (Å²) >= 11 is 0. The van der Waals surface area contributed by atoms with Crippen molar-refractivity contribution < 1.29 is 9.59 Å². The first-order valence-corrected chi connectivity index (χ1v) is 7.22. The van der Waals surface area contributed by atoms with Crippen LogP contribution in [0.25, 0.3) is 0 Å². The lowest BCUT2D eigenvalue weighted by Gasteiger charge is -2.29. The van der Waals surface area contributed by atoms with E-state index in [1.54, 1.807) is 4.90 Å². The first-order valence-electron chi connectivity index (χ1n) is 7.22. The van der Waals surface area contributed by atoms with Crippen LogP contribution in [0.4, 0.5) is 0 Å². The van der Waals surface area contributed by atoms with Gasteiger partial charge in [0.1, 0.15) is 6.04 Å². The maximum Gasteiger partial charge on any atom is 0.240 e. The molecule has 0 spiro atoms. The molecule has 0 saturated carbocycles. The van der Waals surface area contributed by atoms with E-state index >= 15 is 0 Å². The van der Waals surface area contributed by atoms with Gasteiger partial charge in [-0.25, -0.2) is 0 Å². The van der Waals surface area contributed by atoms with E-state index in [2.05, 4.69) is 0 Å². The number of hydrogen-bond acceptors (Lipinski definition) is 2. The highest BCUT2D eigenvalue weighted by atomic mass is 16.2. The van der Waals surface area contributed by atoms with Crippen molar-refractivity contribution in [2.24, 2.45) is 5.73 Å². The third-order valence-corrected chi connectivity index (χ3v) is 3.23. The van der Waals surface area contributed by atoms with E-state index in [1.165, 1.54) is 0 Å². The van der Waals surface area contributed by atoms with Gasteiger partial charge in [0.25, 0.3) is 0 Å². The molecule has 1 unspecified atom stereocenters. The molecule has 0 aromatic heterocycles. The van der Waals surface area contributed by atoms with Crippen LogP contribution in [0.3, 0.4) is 0 Å². The van der Waals surface area contributed by atoms with Crippen molar-refractivity contribution in [2.75, 3.05) is 6.54 Å². The third-order valence-electron chi connectivity index (χ3n) is 3.23. The number of hydrogen-bond donors (Lipinski definition) is 1.